The maximum absolute atomic E-state index is 12.9. The number of hydrogen-bond donors (Lipinski definition) is 1. The van der Waals surface area contributed by atoms with E-state index in [0.717, 1.165) is 22.9 Å². The molecule has 1 atom stereocenters. The first-order valence-electron chi connectivity index (χ1n) is 7.58. The molecule has 1 aliphatic heterocycles. The maximum Gasteiger partial charge on any atom is 0.257 e. The van der Waals surface area contributed by atoms with Gasteiger partial charge in [0.1, 0.15) is 11.9 Å². The number of amides is 1. The maximum atomic E-state index is 12.9. The van der Waals surface area contributed by atoms with Gasteiger partial charge < -0.3 is 19.7 Å². The lowest BCUT2D eigenvalue weighted by molar-refractivity contribution is -0.131. The van der Waals surface area contributed by atoms with Gasteiger partial charge in [0.2, 0.25) is 0 Å². The van der Waals surface area contributed by atoms with Crippen LogP contribution >= 0.6 is 23.7 Å². The summed E-state index contributed by atoms with van der Waals surface area (Å²) in [5, 5.41) is 5.23. The molecule has 2 aromatic rings. The molecule has 1 unspecified atom stereocenters. The van der Waals surface area contributed by atoms with Crippen molar-refractivity contribution in [2.75, 3.05) is 31.7 Å². The zero-order chi connectivity index (χ0) is 16.1. The van der Waals surface area contributed by atoms with Crippen molar-refractivity contribution >= 4 is 35.3 Å². The molecule has 0 radical (unpaired) electrons. The lowest BCUT2D eigenvalue weighted by atomic mass is 10.2. The summed E-state index contributed by atoms with van der Waals surface area (Å²) in [6.07, 6.45) is -0.439. The van der Waals surface area contributed by atoms with Crippen LogP contribution in [0.2, 0.25) is 0 Å². The second-order valence-electron chi connectivity index (χ2n) is 5.27. The van der Waals surface area contributed by atoms with Crippen LogP contribution in [0.25, 0.3) is 0 Å². The molecule has 1 aromatic heterocycles. The predicted octanol–water partition coefficient (Wildman–Crippen LogP) is 2.70. The molecule has 2 heterocycles. The summed E-state index contributed by atoms with van der Waals surface area (Å²) in [5.41, 5.74) is 0.846. The molecule has 3 rings (SSSR count). The number of rotatable bonds is 5. The van der Waals surface area contributed by atoms with Gasteiger partial charge in [-0.3, -0.25) is 4.79 Å². The Bertz CT molecular complexity index is 628. The summed E-state index contributed by atoms with van der Waals surface area (Å²) < 4.78 is 10.8. The summed E-state index contributed by atoms with van der Waals surface area (Å²) in [6.45, 7) is 2.45. The molecule has 1 saturated heterocycles. The minimum absolute atomic E-state index is 0. The Hall–Kier alpha value is -1.60. The van der Waals surface area contributed by atoms with E-state index in [4.69, 9.17) is 9.47 Å². The first-order chi connectivity index (χ1) is 11.3. The normalized spacial score (nSPS) is 17.0. The zero-order valence-corrected chi connectivity index (χ0v) is 15.1. The van der Waals surface area contributed by atoms with E-state index < -0.39 is 6.10 Å². The number of thiophene rings is 1. The number of nitrogens with one attached hydrogen (secondary N) is 1. The third kappa shape index (κ3) is 4.48. The first kappa shape index (κ1) is 18.7. The molecule has 24 heavy (non-hydrogen) atoms. The van der Waals surface area contributed by atoms with Crippen LogP contribution in [-0.4, -0.2) is 38.8 Å². The Morgan fingerprint density at radius 3 is 2.75 bits per heavy atom. The van der Waals surface area contributed by atoms with E-state index in [1.54, 1.807) is 23.3 Å². The third-order valence-electron chi connectivity index (χ3n) is 3.75. The Morgan fingerprint density at radius 1 is 1.38 bits per heavy atom. The molecule has 0 spiro atoms. The second-order valence-corrected chi connectivity index (χ2v) is 6.30. The molecule has 1 amide bonds. The van der Waals surface area contributed by atoms with Crippen LogP contribution in [0.5, 0.6) is 5.75 Å². The van der Waals surface area contributed by atoms with E-state index in [0.29, 0.717) is 19.7 Å². The molecule has 0 aliphatic carbocycles. The van der Waals surface area contributed by atoms with Crippen molar-refractivity contribution in [2.45, 2.75) is 12.6 Å². The van der Waals surface area contributed by atoms with Crippen LogP contribution < -0.4 is 15.0 Å². The van der Waals surface area contributed by atoms with E-state index in [1.807, 2.05) is 41.8 Å². The fourth-order valence-corrected chi connectivity index (χ4v) is 3.21. The van der Waals surface area contributed by atoms with Gasteiger partial charge in [0.05, 0.1) is 20.3 Å². The second kappa shape index (κ2) is 9.03. The molecular formula is C17H21ClN2O3S. The largest absolute Gasteiger partial charge is 0.497 e. The summed E-state index contributed by atoms with van der Waals surface area (Å²) in [6, 6.07) is 11.6. The Morgan fingerprint density at radius 2 is 2.17 bits per heavy atom. The number of halogens is 1. The average Bonchev–Trinajstić information content (AvgIpc) is 3.13. The summed E-state index contributed by atoms with van der Waals surface area (Å²) in [5.74, 6) is 0.753. The Labute approximate surface area is 152 Å². The Kier molecular flexibility index (Phi) is 7.05. The van der Waals surface area contributed by atoms with Gasteiger partial charge >= 0.3 is 0 Å². The highest BCUT2D eigenvalue weighted by Gasteiger charge is 2.28. The summed E-state index contributed by atoms with van der Waals surface area (Å²) in [4.78, 5) is 15.8. The van der Waals surface area contributed by atoms with Crippen LogP contribution in [0.4, 0.5) is 5.69 Å². The molecule has 5 nitrogen and oxygen atoms in total. The molecule has 0 bridgehead atoms. The smallest absolute Gasteiger partial charge is 0.257 e. The van der Waals surface area contributed by atoms with E-state index in [9.17, 15) is 4.79 Å². The number of carbonyl (C=O) groups excluding carboxylic acids is 1. The van der Waals surface area contributed by atoms with Crippen molar-refractivity contribution in [1.29, 1.82) is 0 Å². The highest BCUT2D eigenvalue weighted by atomic mass is 35.5. The number of ether oxygens (including phenoxy) is 2. The van der Waals surface area contributed by atoms with Crippen LogP contribution in [-0.2, 0) is 16.1 Å². The van der Waals surface area contributed by atoms with Crippen LogP contribution in [0.1, 0.15) is 4.88 Å². The molecule has 1 aliphatic rings. The van der Waals surface area contributed by atoms with Crippen LogP contribution in [0.3, 0.4) is 0 Å². The number of benzene rings is 1. The highest BCUT2D eigenvalue weighted by Crippen LogP contribution is 2.24. The minimum Gasteiger partial charge on any atom is -0.497 e. The quantitative estimate of drug-likeness (QED) is 0.881. The first-order valence-corrected chi connectivity index (χ1v) is 8.46. The molecule has 7 heteroatoms. The predicted molar refractivity (Wildman–Crippen MR) is 98.4 cm³/mol. The van der Waals surface area contributed by atoms with E-state index >= 15 is 0 Å². The topological polar surface area (TPSA) is 50.8 Å². The van der Waals surface area contributed by atoms with Crippen molar-refractivity contribution in [1.82, 2.24) is 5.32 Å². The minimum atomic E-state index is -0.439. The number of nitrogens with zero attached hydrogens (tertiary/aromatic N) is 1. The number of carbonyl (C=O) groups is 1. The van der Waals surface area contributed by atoms with Gasteiger partial charge in [-0.15, -0.1) is 23.7 Å². The van der Waals surface area contributed by atoms with E-state index in [-0.39, 0.29) is 18.3 Å². The Balaban J connectivity index is 0.00000208. The monoisotopic (exact) mass is 368 g/mol. The molecule has 130 valence electrons. The third-order valence-corrected chi connectivity index (χ3v) is 4.61. The van der Waals surface area contributed by atoms with Crippen molar-refractivity contribution in [3.63, 3.8) is 0 Å². The number of anilines is 1. The van der Waals surface area contributed by atoms with Crippen LogP contribution in [0, 0.1) is 0 Å². The van der Waals surface area contributed by atoms with Gasteiger partial charge in [-0.2, -0.15) is 0 Å². The molecule has 1 N–H and O–H groups in total. The lowest BCUT2D eigenvalue weighted by Crippen LogP contribution is -2.49. The molecular weight excluding hydrogens is 348 g/mol. The van der Waals surface area contributed by atoms with Crippen molar-refractivity contribution in [2.24, 2.45) is 0 Å². The van der Waals surface area contributed by atoms with Crippen molar-refractivity contribution in [3.05, 3.63) is 46.7 Å². The van der Waals surface area contributed by atoms with Gasteiger partial charge in [0.25, 0.3) is 5.91 Å². The SMILES string of the molecule is COc1ccc(N(Cc2cccs2)C(=O)C2CNCCO2)cc1.Cl. The highest BCUT2D eigenvalue weighted by molar-refractivity contribution is 7.09. The standard InChI is InChI=1S/C17H20N2O3S.ClH/c1-21-14-6-4-13(5-7-14)19(12-15-3-2-10-23-15)17(20)16-11-18-8-9-22-16;/h2-7,10,16,18H,8-9,11-12H2,1H3;1H. The van der Waals surface area contributed by atoms with Crippen LogP contribution in [0.15, 0.2) is 41.8 Å². The molecule has 0 saturated carbocycles. The summed E-state index contributed by atoms with van der Waals surface area (Å²) >= 11 is 1.64. The zero-order valence-electron chi connectivity index (χ0n) is 13.4. The van der Waals surface area contributed by atoms with Gasteiger partial charge in [-0.1, -0.05) is 6.07 Å². The number of methoxy groups -OCH3 is 1. The molecule has 1 fully saturated rings. The number of hydrogen-bond acceptors (Lipinski definition) is 5. The summed E-state index contributed by atoms with van der Waals surface area (Å²) in [7, 11) is 1.63. The fraction of sp³-hybridized carbons (Fsp3) is 0.353. The lowest BCUT2D eigenvalue weighted by Gasteiger charge is -2.29. The van der Waals surface area contributed by atoms with E-state index in [2.05, 4.69) is 5.32 Å². The average molecular weight is 369 g/mol. The van der Waals surface area contributed by atoms with Gasteiger partial charge in [0.15, 0.2) is 0 Å². The molecule has 1 aromatic carbocycles. The van der Waals surface area contributed by atoms with Gasteiger partial charge in [-0.05, 0) is 35.7 Å². The van der Waals surface area contributed by atoms with E-state index in [1.165, 1.54) is 0 Å². The number of morpholine rings is 1. The fourth-order valence-electron chi connectivity index (χ4n) is 2.51. The van der Waals surface area contributed by atoms with Crippen molar-refractivity contribution < 1.29 is 14.3 Å². The van der Waals surface area contributed by atoms with Gasteiger partial charge in [0, 0.05) is 23.7 Å². The van der Waals surface area contributed by atoms with Crippen molar-refractivity contribution in [3.8, 4) is 5.75 Å². The van der Waals surface area contributed by atoms with Gasteiger partial charge in [-0.25, -0.2) is 0 Å².